The number of hydrogen-bond donors (Lipinski definition) is 0. The summed E-state index contributed by atoms with van der Waals surface area (Å²) in [7, 11) is 0. The average molecular weight is 589 g/mol. The van der Waals surface area contributed by atoms with Crippen molar-refractivity contribution in [1.29, 1.82) is 0 Å². The first-order valence-electron chi connectivity index (χ1n) is 15.6. The molecule has 2 aromatic heterocycles. The molecule has 9 aromatic rings. The van der Waals surface area contributed by atoms with E-state index in [4.69, 9.17) is 9.40 Å². The van der Waals surface area contributed by atoms with Gasteiger partial charge in [0.05, 0.1) is 11.0 Å². The lowest BCUT2D eigenvalue weighted by molar-refractivity contribution is 0.670. The first kappa shape index (κ1) is 26.2. The lowest BCUT2D eigenvalue weighted by Crippen LogP contribution is -1.98. The molecule has 0 radical (unpaired) electrons. The van der Waals surface area contributed by atoms with Crippen LogP contribution >= 0.6 is 0 Å². The van der Waals surface area contributed by atoms with E-state index in [0.29, 0.717) is 0 Å². The van der Waals surface area contributed by atoms with Crippen molar-refractivity contribution in [3.8, 4) is 50.5 Å². The van der Waals surface area contributed by atoms with E-state index < -0.39 is 0 Å². The second-order valence-electron chi connectivity index (χ2n) is 11.6. The van der Waals surface area contributed by atoms with Gasteiger partial charge in [-0.2, -0.15) is 0 Å². The molecule has 0 unspecified atom stereocenters. The van der Waals surface area contributed by atoms with Gasteiger partial charge in [0.15, 0.2) is 0 Å². The minimum Gasteiger partial charge on any atom is -0.455 e. The molecule has 9 rings (SSSR count). The Morgan fingerprint density at radius 3 is 1.78 bits per heavy atom. The van der Waals surface area contributed by atoms with Crippen LogP contribution in [-0.4, -0.2) is 9.55 Å². The van der Waals surface area contributed by atoms with Gasteiger partial charge in [-0.3, -0.25) is 4.57 Å². The quantitative estimate of drug-likeness (QED) is 0.200. The van der Waals surface area contributed by atoms with E-state index in [9.17, 15) is 0 Å². The van der Waals surface area contributed by atoms with Gasteiger partial charge in [-0.1, -0.05) is 127 Å². The maximum Gasteiger partial charge on any atom is 0.146 e. The zero-order valence-electron chi connectivity index (χ0n) is 25.0. The second kappa shape index (κ2) is 10.8. The number of hydrogen-bond acceptors (Lipinski definition) is 2. The van der Waals surface area contributed by atoms with Gasteiger partial charge in [0.2, 0.25) is 0 Å². The zero-order valence-corrected chi connectivity index (χ0v) is 25.0. The fourth-order valence-corrected chi connectivity index (χ4v) is 6.65. The normalized spacial score (nSPS) is 11.5. The summed E-state index contributed by atoms with van der Waals surface area (Å²) in [5, 5.41) is 2.13. The number of benzene rings is 7. The minimum absolute atomic E-state index is 0.841. The third-order valence-electron chi connectivity index (χ3n) is 8.82. The van der Waals surface area contributed by atoms with Crippen LogP contribution in [0.25, 0.3) is 83.4 Å². The van der Waals surface area contributed by atoms with Crippen LogP contribution in [0.3, 0.4) is 0 Å². The molecule has 3 heteroatoms. The molecule has 3 nitrogen and oxygen atoms in total. The first-order chi connectivity index (χ1) is 22.8. The number of furan rings is 1. The number of rotatable bonds is 5. The van der Waals surface area contributed by atoms with E-state index in [1.165, 1.54) is 16.7 Å². The molecule has 216 valence electrons. The van der Waals surface area contributed by atoms with Crippen LogP contribution in [0.1, 0.15) is 0 Å². The van der Waals surface area contributed by atoms with Gasteiger partial charge in [-0.15, -0.1) is 0 Å². The second-order valence-corrected chi connectivity index (χ2v) is 11.6. The van der Waals surface area contributed by atoms with Crippen molar-refractivity contribution in [3.05, 3.63) is 170 Å². The maximum absolute atomic E-state index is 6.74. The summed E-state index contributed by atoms with van der Waals surface area (Å²) in [5.74, 6) is 0.883. The molecule has 0 saturated heterocycles. The molecule has 7 aromatic carbocycles. The van der Waals surface area contributed by atoms with Crippen molar-refractivity contribution < 1.29 is 4.42 Å². The summed E-state index contributed by atoms with van der Waals surface area (Å²) in [5.41, 5.74) is 12.7. The molecule has 0 saturated carbocycles. The Balaban J connectivity index is 1.32. The van der Waals surface area contributed by atoms with Gasteiger partial charge in [-0.25, -0.2) is 4.98 Å². The predicted molar refractivity (Wildman–Crippen MR) is 190 cm³/mol. The first-order valence-corrected chi connectivity index (χ1v) is 15.6. The molecule has 0 amide bonds. The fraction of sp³-hybridized carbons (Fsp3) is 0. The Labute approximate surface area is 266 Å². The number of fused-ring (bicyclic) bond motifs is 4. The van der Waals surface area contributed by atoms with E-state index in [0.717, 1.165) is 66.7 Å². The Hall–Kier alpha value is -6.19. The highest BCUT2D eigenvalue weighted by Crippen LogP contribution is 2.43. The highest BCUT2D eigenvalue weighted by molar-refractivity contribution is 6.16. The van der Waals surface area contributed by atoms with Gasteiger partial charge >= 0.3 is 0 Å². The lowest BCUT2D eigenvalue weighted by Gasteiger charge is -2.12. The van der Waals surface area contributed by atoms with E-state index in [1.54, 1.807) is 0 Å². The number of para-hydroxylation sites is 2. The monoisotopic (exact) mass is 588 g/mol. The Morgan fingerprint density at radius 2 is 1.07 bits per heavy atom. The number of imidazole rings is 1. The third-order valence-corrected chi connectivity index (χ3v) is 8.82. The van der Waals surface area contributed by atoms with Gasteiger partial charge in [0.25, 0.3) is 0 Å². The standard InChI is InChI=1S/C43H28N2O/c1-4-13-29(14-5-1)31-23-25-34(26-24-31)45-39-21-11-10-20-38(39)44-43(45)35-19-12-22-40-41(35)37-28-33(30-15-6-2-7-16-30)27-36(42(37)46-40)32-17-8-3-9-18-32/h1-28H. The van der Waals surface area contributed by atoms with Gasteiger partial charge in [0.1, 0.15) is 17.0 Å². The zero-order chi connectivity index (χ0) is 30.5. The summed E-state index contributed by atoms with van der Waals surface area (Å²) >= 11 is 0. The SMILES string of the molecule is c1ccc(-c2ccc(-n3c(-c4cccc5oc6c(-c7ccccc7)cc(-c7ccccc7)cc6c45)nc4ccccc43)cc2)cc1. The molecule has 0 atom stereocenters. The smallest absolute Gasteiger partial charge is 0.146 e. The molecule has 0 aliphatic carbocycles. The summed E-state index contributed by atoms with van der Waals surface area (Å²) in [6.45, 7) is 0. The van der Waals surface area contributed by atoms with Crippen LogP contribution in [0.4, 0.5) is 0 Å². The lowest BCUT2D eigenvalue weighted by atomic mass is 9.95. The minimum atomic E-state index is 0.841. The summed E-state index contributed by atoms with van der Waals surface area (Å²) < 4.78 is 9.01. The molecular formula is C43H28N2O. The van der Waals surface area contributed by atoms with Crippen molar-refractivity contribution in [1.82, 2.24) is 9.55 Å². The average Bonchev–Trinajstić information content (AvgIpc) is 3.71. The molecule has 0 N–H and O–H groups in total. The molecule has 0 aliphatic heterocycles. The predicted octanol–water partition coefficient (Wildman–Crippen LogP) is 11.6. The van der Waals surface area contributed by atoms with Crippen LogP contribution in [0.5, 0.6) is 0 Å². The molecule has 0 aliphatic rings. The van der Waals surface area contributed by atoms with Gasteiger partial charge in [0, 0.05) is 27.6 Å². The van der Waals surface area contributed by atoms with E-state index in [1.807, 2.05) is 12.1 Å². The molecule has 46 heavy (non-hydrogen) atoms. The Morgan fingerprint density at radius 1 is 0.457 bits per heavy atom. The largest absolute Gasteiger partial charge is 0.455 e. The van der Waals surface area contributed by atoms with Crippen molar-refractivity contribution >= 4 is 33.0 Å². The molecule has 0 spiro atoms. The summed E-state index contributed by atoms with van der Waals surface area (Å²) in [4.78, 5) is 5.26. The van der Waals surface area contributed by atoms with Crippen LogP contribution in [0.2, 0.25) is 0 Å². The van der Waals surface area contributed by atoms with Crippen molar-refractivity contribution in [2.24, 2.45) is 0 Å². The fourth-order valence-electron chi connectivity index (χ4n) is 6.65. The number of nitrogens with zero attached hydrogens (tertiary/aromatic N) is 2. The Kier molecular flexibility index (Phi) is 6.14. The van der Waals surface area contributed by atoms with E-state index >= 15 is 0 Å². The van der Waals surface area contributed by atoms with Gasteiger partial charge in [-0.05, 0) is 70.3 Å². The third kappa shape index (κ3) is 4.33. The summed E-state index contributed by atoms with van der Waals surface area (Å²) in [6.07, 6.45) is 0. The molecule has 0 bridgehead atoms. The maximum atomic E-state index is 6.74. The van der Waals surface area contributed by atoms with Gasteiger partial charge < -0.3 is 4.42 Å². The van der Waals surface area contributed by atoms with Crippen LogP contribution in [-0.2, 0) is 0 Å². The van der Waals surface area contributed by atoms with Crippen LogP contribution < -0.4 is 0 Å². The summed E-state index contributed by atoms with van der Waals surface area (Å²) in [6, 6.07) is 59.5. The van der Waals surface area contributed by atoms with E-state index in [-0.39, 0.29) is 0 Å². The Bertz CT molecular complexity index is 2490. The van der Waals surface area contributed by atoms with Crippen LogP contribution in [0, 0.1) is 0 Å². The van der Waals surface area contributed by atoms with Crippen molar-refractivity contribution in [2.45, 2.75) is 0 Å². The van der Waals surface area contributed by atoms with Crippen LogP contribution in [0.15, 0.2) is 174 Å². The molecule has 0 fully saturated rings. The molecular weight excluding hydrogens is 560 g/mol. The number of aromatic nitrogens is 2. The van der Waals surface area contributed by atoms with E-state index in [2.05, 4.69) is 162 Å². The highest BCUT2D eigenvalue weighted by Gasteiger charge is 2.22. The van der Waals surface area contributed by atoms with Crippen molar-refractivity contribution in [2.75, 3.05) is 0 Å². The highest BCUT2D eigenvalue weighted by atomic mass is 16.3. The topological polar surface area (TPSA) is 31.0 Å². The van der Waals surface area contributed by atoms with Crippen molar-refractivity contribution in [3.63, 3.8) is 0 Å². The molecule has 2 heterocycles.